The first kappa shape index (κ1) is 54.0. The molecule has 0 aromatic rings. The van der Waals surface area contributed by atoms with Crippen molar-refractivity contribution < 1.29 is 0 Å². The van der Waals surface area contributed by atoms with Crippen LogP contribution in [0.5, 0.6) is 0 Å². The zero-order valence-corrected chi connectivity index (χ0v) is 35.1. The van der Waals surface area contributed by atoms with Crippen LogP contribution in [-0.2, 0) is 0 Å². The van der Waals surface area contributed by atoms with E-state index in [1.165, 1.54) is 0 Å². The Kier molecular flexibility index (Phi) is 41.5. The molecule has 0 saturated heterocycles. The maximum atomic E-state index is 4.95. The van der Waals surface area contributed by atoms with Crippen LogP contribution in [0, 0.1) is 403 Å². The second-order valence-electron chi connectivity index (χ2n) is 8.52. The summed E-state index contributed by atoms with van der Waals surface area (Å²) in [5.74, 6) is 167. The van der Waals surface area contributed by atoms with Gasteiger partial charge in [0.1, 0.15) is 0 Å². The van der Waals surface area contributed by atoms with Crippen LogP contribution in [-0.4, -0.2) is 0 Å². The van der Waals surface area contributed by atoms with Crippen molar-refractivity contribution in [1.29, 1.82) is 0 Å². The van der Waals surface area contributed by atoms with Gasteiger partial charge in [-0.3, -0.25) is 0 Å². The molecular weight excluding hydrogens is 829 g/mol. The van der Waals surface area contributed by atoms with Gasteiger partial charge in [0.2, 0.25) is 0 Å². The van der Waals surface area contributed by atoms with Crippen LogP contribution in [0.1, 0.15) is 6.92 Å². The molecule has 0 aliphatic rings. The van der Waals surface area contributed by atoms with E-state index in [2.05, 4.69) is 397 Å². The number of hydrogen-bond donors (Lipinski definition) is 0. The Balaban J connectivity index is 4.60. The van der Waals surface area contributed by atoms with Crippen molar-refractivity contribution in [3.63, 3.8) is 0 Å². The number of hydrogen-bond acceptors (Lipinski definition) is 0. The van der Waals surface area contributed by atoms with E-state index in [1.54, 1.807) is 6.92 Å². The monoisotopic (exact) mass is 832 g/mol. The van der Waals surface area contributed by atoms with Crippen molar-refractivity contribution in [3.05, 3.63) is 0 Å². The minimum absolute atomic E-state index is 1.68. The van der Waals surface area contributed by atoms with Crippen molar-refractivity contribution in [1.82, 2.24) is 0 Å². The molecule has 0 amide bonds. The summed E-state index contributed by atoms with van der Waals surface area (Å²) in [5.41, 5.74) is 0. The average molecular weight is 833 g/mol. The summed E-state index contributed by atoms with van der Waals surface area (Å²) in [5, 5.41) is 0. The fraction of sp³-hybridized carbons (Fsp3) is 0.0145. The van der Waals surface area contributed by atoms with Gasteiger partial charge in [-0.2, -0.15) is 0 Å². The van der Waals surface area contributed by atoms with Gasteiger partial charge in [-0.1, -0.05) is 5.92 Å². The summed E-state index contributed by atoms with van der Waals surface area (Å²) >= 11 is 0. The zero-order chi connectivity index (χ0) is 49.4. The van der Waals surface area contributed by atoms with E-state index < -0.39 is 0 Å². The zero-order valence-electron chi connectivity index (χ0n) is 35.1. The fourth-order valence-corrected chi connectivity index (χ4v) is 2.07. The third-order valence-corrected chi connectivity index (χ3v) is 4.20. The van der Waals surface area contributed by atoms with Crippen molar-refractivity contribution in [3.8, 4) is 403 Å². The van der Waals surface area contributed by atoms with Crippen molar-refractivity contribution in [2.75, 3.05) is 0 Å². The Morgan fingerprint density at radius 2 is 0.188 bits per heavy atom. The molecule has 69 heavy (non-hydrogen) atoms. The topological polar surface area (TPSA) is 0 Å². The second-order valence-corrected chi connectivity index (χ2v) is 8.52. The van der Waals surface area contributed by atoms with E-state index in [-0.39, 0.29) is 0 Å². The molecule has 0 bridgehead atoms. The third kappa shape index (κ3) is 53.0. The quantitative estimate of drug-likeness (QED) is 0.317. The molecule has 0 saturated carbocycles. The summed E-state index contributed by atoms with van der Waals surface area (Å²) in [6.07, 6.45) is 4.95. The molecule has 0 aliphatic carbocycles. The Bertz CT molecular complexity index is 4520. The molecule has 280 valence electrons. The molecule has 0 aliphatic heterocycles. The lowest BCUT2D eigenvalue weighted by Crippen LogP contribution is -1.57. The predicted octanol–water partition coefficient (Wildman–Crippen LogP) is 0.752. The highest BCUT2D eigenvalue weighted by Gasteiger charge is 1.64. The Hall–Kier alpha value is -15.0. The molecule has 0 radical (unpaired) electrons. The molecule has 0 N–H and O–H groups in total. The molecule has 0 rings (SSSR count). The van der Waals surface area contributed by atoms with Gasteiger partial charge in [-0.25, -0.2) is 0 Å². The maximum absolute atomic E-state index is 4.95. The molecule has 0 heteroatoms. The van der Waals surface area contributed by atoms with E-state index in [0.717, 1.165) is 0 Å². The van der Waals surface area contributed by atoms with Crippen molar-refractivity contribution in [2.45, 2.75) is 6.92 Å². The Morgan fingerprint density at radius 1 is 0.116 bits per heavy atom. The highest BCUT2D eigenvalue weighted by atomic mass is 13.6. The van der Waals surface area contributed by atoms with E-state index in [1.807, 2.05) is 0 Å². The van der Waals surface area contributed by atoms with Gasteiger partial charge in [0.05, 0.1) is 0 Å². The largest absolute Gasteiger partial charge is 0.106 e. The fourth-order valence-electron chi connectivity index (χ4n) is 2.07. The van der Waals surface area contributed by atoms with Gasteiger partial charge < -0.3 is 0 Å². The van der Waals surface area contributed by atoms with E-state index in [9.17, 15) is 0 Å². The van der Waals surface area contributed by atoms with Crippen LogP contribution in [0.25, 0.3) is 0 Å². The lowest BCUT2D eigenvalue weighted by atomic mass is 10.4. The maximum Gasteiger partial charge on any atom is 0 e. The molecule has 0 unspecified atom stereocenters. The Labute approximate surface area is 408 Å². The second kappa shape index (κ2) is 53.0. The number of terminal acetylenes is 1. The molecule has 0 nitrogen and oxygen atoms in total. The summed E-state index contributed by atoms with van der Waals surface area (Å²) < 4.78 is 0. The standard InChI is InChI=1S/C69H4/c1-3-5-7-9-11-13-15-17-19-21-23-25-27-29-31-33-35-37-39-41-43-45-47-49-51-53-55-57-59-61-63-65-67-69-68-66-64-62-60-58-56-54-52-50-48-46-44-42-40-38-36-34-32-30-28-26-24-22-20-18-16-14-12-10-8-6-4-2/h1H,2H3. The van der Waals surface area contributed by atoms with Gasteiger partial charge in [0.15, 0.2) is 0 Å². The molecule has 0 aromatic carbocycles. The lowest BCUT2D eigenvalue weighted by Gasteiger charge is -1.57. The van der Waals surface area contributed by atoms with Gasteiger partial charge in [0.25, 0.3) is 0 Å². The predicted molar refractivity (Wildman–Crippen MR) is 271 cm³/mol. The minimum atomic E-state index is 1.68. The van der Waals surface area contributed by atoms with Gasteiger partial charge in [-0.15, -0.1) is 6.42 Å². The highest BCUT2D eigenvalue weighted by Crippen LogP contribution is 1.64. The lowest BCUT2D eigenvalue weighted by molar-refractivity contribution is 1.92. The molecule has 0 atom stereocenters. The highest BCUT2D eigenvalue weighted by molar-refractivity contribution is 5.52. The van der Waals surface area contributed by atoms with Gasteiger partial charge in [0, 0.05) is 296 Å². The summed E-state index contributed by atoms with van der Waals surface area (Å²) in [6.45, 7) is 1.68. The van der Waals surface area contributed by atoms with Crippen LogP contribution >= 0.6 is 0 Å². The van der Waals surface area contributed by atoms with Crippen LogP contribution < -0.4 is 0 Å². The molecule has 0 spiro atoms. The average Bonchev–Trinajstić information content (AvgIpc) is 3.36. The molecular formula is C69H4. The van der Waals surface area contributed by atoms with E-state index in [4.69, 9.17) is 6.42 Å². The van der Waals surface area contributed by atoms with Gasteiger partial charge in [-0.05, 0) is 102 Å². The van der Waals surface area contributed by atoms with E-state index in [0.29, 0.717) is 0 Å². The first-order valence-corrected chi connectivity index (χ1v) is 17.3. The van der Waals surface area contributed by atoms with Crippen LogP contribution in [0.15, 0.2) is 0 Å². The van der Waals surface area contributed by atoms with E-state index >= 15 is 0 Å². The van der Waals surface area contributed by atoms with Crippen LogP contribution in [0.3, 0.4) is 0 Å². The molecule has 0 aromatic heterocycles. The summed E-state index contributed by atoms with van der Waals surface area (Å²) in [4.78, 5) is 0. The Morgan fingerprint density at radius 3 is 0.261 bits per heavy atom. The summed E-state index contributed by atoms with van der Waals surface area (Å²) in [7, 11) is 0. The van der Waals surface area contributed by atoms with Crippen LogP contribution in [0.4, 0.5) is 0 Å². The first-order chi connectivity index (χ1) is 34.4. The normalized spacial score (nSPS) is 3.94. The third-order valence-electron chi connectivity index (χ3n) is 4.20. The number of rotatable bonds is 0. The summed E-state index contributed by atoms with van der Waals surface area (Å²) in [6, 6.07) is 0. The minimum Gasteiger partial charge on any atom is -0.106 e. The molecule has 0 fully saturated rings. The van der Waals surface area contributed by atoms with Crippen LogP contribution in [0.2, 0.25) is 0 Å². The molecule has 0 heterocycles. The smallest absolute Gasteiger partial charge is 0 e. The SMILES string of the molecule is C#CC#CC#CC#CC#CC#CC#CC#CC#CC#CC#CC#CC#CC#CC#CC#CC#CC#CC#CC#CC#CC#CC#CC#CC#CC#CC#CC#CC#CC#CC#CC#CC#CC#CC. The van der Waals surface area contributed by atoms with Crippen molar-refractivity contribution in [2.24, 2.45) is 0 Å². The van der Waals surface area contributed by atoms with Crippen molar-refractivity contribution >= 4 is 0 Å². The first-order valence-electron chi connectivity index (χ1n) is 17.3. The van der Waals surface area contributed by atoms with Gasteiger partial charge >= 0.3 is 0 Å².